The van der Waals surface area contributed by atoms with Crippen LogP contribution in [-0.4, -0.2) is 94.8 Å². The summed E-state index contributed by atoms with van der Waals surface area (Å²) in [4.78, 5) is 22.9. The summed E-state index contributed by atoms with van der Waals surface area (Å²) in [6.45, 7) is 3.01. The van der Waals surface area contributed by atoms with E-state index >= 15 is 0 Å². The molecule has 3 aliphatic rings. The van der Waals surface area contributed by atoms with Gasteiger partial charge in [-0.25, -0.2) is 22.5 Å². The van der Waals surface area contributed by atoms with Gasteiger partial charge in [0.1, 0.15) is 10.9 Å². The normalized spacial score (nSPS) is 26.5. The van der Waals surface area contributed by atoms with Gasteiger partial charge in [-0.3, -0.25) is 0 Å². The zero-order valence-corrected chi connectivity index (χ0v) is 19.9. The molecular formula is C23H33N5O4S. The van der Waals surface area contributed by atoms with E-state index in [1.807, 2.05) is 12.3 Å². The van der Waals surface area contributed by atoms with Crippen LogP contribution in [0.5, 0.6) is 0 Å². The molecule has 2 unspecified atom stereocenters. The minimum absolute atomic E-state index is 0.0863. The van der Waals surface area contributed by atoms with E-state index in [-0.39, 0.29) is 6.54 Å². The number of sulfonamides is 1. The Labute approximate surface area is 194 Å². The summed E-state index contributed by atoms with van der Waals surface area (Å²) in [6, 6.07) is 3.55. The maximum atomic E-state index is 13.5. The Balaban J connectivity index is 1.25. The van der Waals surface area contributed by atoms with Crippen LogP contribution in [0.4, 0.5) is 4.79 Å². The molecule has 1 amide bonds. The number of pyridine rings is 1. The first-order valence-electron chi connectivity index (χ1n) is 11.9. The van der Waals surface area contributed by atoms with Crippen LogP contribution in [0.15, 0.2) is 24.5 Å². The molecule has 5 rings (SSSR count). The number of amides is 1. The van der Waals surface area contributed by atoms with Crippen molar-refractivity contribution < 1.29 is 18.3 Å². The summed E-state index contributed by atoms with van der Waals surface area (Å²) in [5, 5.41) is 10.1. The van der Waals surface area contributed by atoms with Gasteiger partial charge in [0.05, 0.1) is 6.04 Å². The number of carbonyl (C=O) groups is 1. The second-order valence-electron chi connectivity index (χ2n) is 9.88. The SMILES string of the molecule is CN1CCC(CC2C(S(=O)(=O)N3CCC(c4c[nH]c5ncccc45)CC3)CN2C(=O)O)CC1. The topological polar surface area (TPSA) is 110 Å². The number of hydrogen-bond acceptors (Lipinski definition) is 5. The molecule has 2 atom stereocenters. The van der Waals surface area contributed by atoms with Crippen molar-refractivity contribution in [3.8, 4) is 0 Å². The summed E-state index contributed by atoms with van der Waals surface area (Å²) in [5.41, 5.74) is 2.07. The number of likely N-dealkylation sites (tertiary alicyclic amines) is 2. The fraction of sp³-hybridized carbons (Fsp3) is 0.652. The van der Waals surface area contributed by atoms with Crippen molar-refractivity contribution >= 4 is 27.1 Å². The fourth-order valence-electron chi connectivity index (χ4n) is 5.87. The van der Waals surface area contributed by atoms with Crippen LogP contribution in [0.2, 0.25) is 0 Å². The Morgan fingerprint density at radius 2 is 1.91 bits per heavy atom. The first-order valence-corrected chi connectivity index (χ1v) is 13.4. The van der Waals surface area contributed by atoms with Gasteiger partial charge in [-0.2, -0.15) is 0 Å². The molecule has 0 spiro atoms. The highest BCUT2D eigenvalue weighted by Gasteiger charge is 2.52. The molecule has 2 aromatic heterocycles. The van der Waals surface area contributed by atoms with E-state index in [1.165, 1.54) is 10.5 Å². The number of H-pyrrole nitrogens is 1. The molecule has 3 saturated heterocycles. The lowest BCUT2D eigenvalue weighted by Gasteiger charge is -2.49. The van der Waals surface area contributed by atoms with Crippen LogP contribution in [0.25, 0.3) is 11.0 Å². The van der Waals surface area contributed by atoms with Crippen molar-refractivity contribution in [1.29, 1.82) is 0 Å². The number of aromatic amines is 1. The highest BCUT2D eigenvalue weighted by molar-refractivity contribution is 7.89. The average Bonchev–Trinajstić information content (AvgIpc) is 3.22. The lowest BCUT2D eigenvalue weighted by Crippen LogP contribution is -2.67. The number of piperidine rings is 2. The zero-order chi connectivity index (χ0) is 23.2. The first kappa shape index (κ1) is 22.6. The van der Waals surface area contributed by atoms with E-state index in [0.29, 0.717) is 31.3 Å². The summed E-state index contributed by atoms with van der Waals surface area (Å²) in [5.74, 6) is 0.675. The lowest BCUT2D eigenvalue weighted by molar-refractivity contribution is 0.0573. The molecule has 33 heavy (non-hydrogen) atoms. The number of aromatic nitrogens is 2. The summed E-state index contributed by atoms with van der Waals surface area (Å²) in [6.07, 6.45) is 6.91. The summed E-state index contributed by atoms with van der Waals surface area (Å²) >= 11 is 0. The lowest BCUT2D eigenvalue weighted by atomic mass is 9.85. The van der Waals surface area contributed by atoms with Gasteiger partial charge < -0.3 is 19.9 Å². The molecule has 0 radical (unpaired) electrons. The van der Waals surface area contributed by atoms with Gasteiger partial charge in [0, 0.05) is 37.4 Å². The van der Waals surface area contributed by atoms with E-state index in [2.05, 4.69) is 28.0 Å². The smallest absolute Gasteiger partial charge is 0.407 e. The average molecular weight is 476 g/mol. The molecule has 180 valence electrons. The van der Waals surface area contributed by atoms with Crippen LogP contribution < -0.4 is 0 Å². The van der Waals surface area contributed by atoms with E-state index in [4.69, 9.17) is 0 Å². The van der Waals surface area contributed by atoms with Crippen molar-refractivity contribution in [3.05, 3.63) is 30.1 Å². The number of nitrogens with one attached hydrogen (secondary N) is 1. The van der Waals surface area contributed by atoms with Gasteiger partial charge >= 0.3 is 6.09 Å². The third-order valence-corrected chi connectivity index (χ3v) is 10.3. The van der Waals surface area contributed by atoms with Crippen LogP contribution in [0, 0.1) is 5.92 Å². The molecule has 2 N–H and O–H groups in total. The molecule has 3 aliphatic heterocycles. The molecule has 0 aromatic carbocycles. The number of hydrogen-bond donors (Lipinski definition) is 2. The molecule has 10 heteroatoms. The third kappa shape index (κ3) is 4.24. The van der Waals surface area contributed by atoms with Gasteiger partial charge in [-0.05, 0) is 81.8 Å². The summed E-state index contributed by atoms with van der Waals surface area (Å²) < 4.78 is 28.7. The Hall–Kier alpha value is -2.17. The Morgan fingerprint density at radius 3 is 2.61 bits per heavy atom. The predicted octanol–water partition coefficient (Wildman–Crippen LogP) is 2.53. The molecule has 0 saturated carbocycles. The molecular weight excluding hydrogens is 442 g/mol. The van der Waals surface area contributed by atoms with Crippen LogP contribution in [0.3, 0.4) is 0 Å². The predicted molar refractivity (Wildman–Crippen MR) is 126 cm³/mol. The second kappa shape index (κ2) is 8.88. The third-order valence-electron chi connectivity index (χ3n) is 7.98. The van der Waals surface area contributed by atoms with Gasteiger partial charge in [0.2, 0.25) is 10.0 Å². The highest BCUT2D eigenvalue weighted by atomic mass is 32.2. The van der Waals surface area contributed by atoms with E-state index in [1.54, 1.807) is 10.5 Å². The molecule has 9 nitrogen and oxygen atoms in total. The Morgan fingerprint density at radius 1 is 1.18 bits per heavy atom. The number of carboxylic acid groups (broad SMARTS) is 1. The number of nitrogens with zero attached hydrogens (tertiary/aromatic N) is 4. The quantitative estimate of drug-likeness (QED) is 0.688. The molecule has 0 bridgehead atoms. The first-order chi connectivity index (χ1) is 15.8. The molecule has 0 aliphatic carbocycles. The van der Waals surface area contributed by atoms with Gasteiger partial charge in [-0.1, -0.05) is 0 Å². The number of fused-ring (bicyclic) bond motifs is 1. The fourth-order valence-corrected chi connectivity index (χ4v) is 7.98. The van der Waals surface area contributed by atoms with Crippen molar-refractivity contribution in [1.82, 2.24) is 24.1 Å². The van der Waals surface area contributed by atoms with Gasteiger partial charge in [0.15, 0.2) is 0 Å². The van der Waals surface area contributed by atoms with Crippen LogP contribution in [-0.2, 0) is 10.0 Å². The zero-order valence-electron chi connectivity index (χ0n) is 19.1. The highest BCUT2D eigenvalue weighted by Crippen LogP contribution is 2.38. The molecule has 2 aromatic rings. The maximum absolute atomic E-state index is 13.5. The summed E-state index contributed by atoms with van der Waals surface area (Å²) in [7, 11) is -1.45. The Kier molecular flexibility index (Phi) is 6.09. The number of rotatable bonds is 5. The van der Waals surface area contributed by atoms with Gasteiger partial charge in [-0.15, -0.1) is 0 Å². The van der Waals surface area contributed by atoms with E-state index in [0.717, 1.165) is 49.8 Å². The maximum Gasteiger partial charge on any atom is 0.407 e. The molecule has 3 fully saturated rings. The van der Waals surface area contributed by atoms with Crippen molar-refractivity contribution in [3.63, 3.8) is 0 Å². The van der Waals surface area contributed by atoms with Gasteiger partial charge in [0.25, 0.3) is 0 Å². The van der Waals surface area contributed by atoms with Crippen LogP contribution >= 0.6 is 0 Å². The minimum Gasteiger partial charge on any atom is -0.465 e. The molecule has 5 heterocycles. The van der Waals surface area contributed by atoms with Crippen LogP contribution in [0.1, 0.15) is 43.6 Å². The van der Waals surface area contributed by atoms with Crippen molar-refractivity contribution in [2.24, 2.45) is 5.92 Å². The monoisotopic (exact) mass is 475 g/mol. The minimum atomic E-state index is -3.54. The Bertz CT molecular complexity index is 1100. The standard InChI is InChI=1S/C23H33N5O4S/c1-26-9-4-16(5-10-26)13-20-21(15-28(20)23(29)30)33(31,32)27-11-6-17(7-12-27)19-14-25-22-18(19)3-2-8-24-22/h2-3,8,14,16-17,20-21H,4-7,9-13,15H2,1H3,(H,24,25)(H,29,30). The van der Waals surface area contributed by atoms with E-state index < -0.39 is 27.4 Å². The second-order valence-corrected chi connectivity index (χ2v) is 12.0. The van der Waals surface area contributed by atoms with Crippen molar-refractivity contribution in [2.45, 2.75) is 49.3 Å². The largest absolute Gasteiger partial charge is 0.465 e. The van der Waals surface area contributed by atoms with Crippen molar-refractivity contribution in [2.75, 3.05) is 39.8 Å². The van der Waals surface area contributed by atoms with E-state index in [9.17, 15) is 18.3 Å².